The van der Waals surface area contributed by atoms with E-state index in [1.165, 1.54) is 6.20 Å². The number of halogens is 2. The van der Waals surface area contributed by atoms with Crippen LogP contribution in [0.3, 0.4) is 0 Å². The van der Waals surface area contributed by atoms with Crippen LogP contribution in [0.1, 0.15) is 17.3 Å². The van der Waals surface area contributed by atoms with Gasteiger partial charge in [-0.3, -0.25) is 19.5 Å². The van der Waals surface area contributed by atoms with Gasteiger partial charge in [-0.15, -0.1) is 0 Å². The molecule has 216 valence electrons. The minimum absolute atomic E-state index is 0.0112. The van der Waals surface area contributed by atoms with E-state index in [0.29, 0.717) is 25.2 Å². The Bertz CT molecular complexity index is 1160. The molecule has 1 aromatic carbocycles. The number of anilines is 2. The molecule has 4 rings (SSSR count). The Balaban J connectivity index is 0.000000472. The Labute approximate surface area is 230 Å². The number of hydrogen-bond acceptors (Lipinski definition) is 9. The van der Waals surface area contributed by atoms with Crippen molar-refractivity contribution in [3.63, 3.8) is 0 Å². The summed E-state index contributed by atoms with van der Waals surface area (Å²) in [6.45, 7) is 3.42. The lowest BCUT2D eigenvalue weighted by molar-refractivity contribution is -0.130. The Hall–Kier alpha value is -4.33. The van der Waals surface area contributed by atoms with Gasteiger partial charge in [0.05, 0.1) is 18.8 Å². The largest absolute Gasteiger partial charge is 0.446 e. The molecule has 1 aromatic heterocycles. The van der Waals surface area contributed by atoms with E-state index in [4.69, 9.17) is 9.47 Å². The number of amides is 3. The van der Waals surface area contributed by atoms with Crippen molar-refractivity contribution in [2.45, 2.75) is 13.0 Å². The van der Waals surface area contributed by atoms with Crippen molar-refractivity contribution in [3.05, 3.63) is 53.9 Å². The van der Waals surface area contributed by atoms with Gasteiger partial charge >= 0.3 is 12.2 Å². The summed E-state index contributed by atoms with van der Waals surface area (Å²) in [5.74, 6) is -1.70. The molecular formula is C26H32F2N6O6. The van der Waals surface area contributed by atoms with Gasteiger partial charge in [0, 0.05) is 62.8 Å². The number of cyclic esters (lactones) is 1. The topological polar surface area (TPSA) is 133 Å². The summed E-state index contributed by atoms with van der Waals surface area (Å²) >= 11 is 0. The van der Waals surface area contributed by atoms with Crippen molar-refractivity contribution in [1.82, 2.24) is 20.5 Å². The fraction of sp³-hybridized carbons (Fsp3) is 0.423. The van der Waals surface area contributed by atoms with Crippen molar-refractivity contribution in [2.24, 2.45) is 0 Å². The molecule has 1 atom stereocenters. The predicted molar refractivity (Wildman–Crippen MR) is 141 cm³/mol. The first kappa shape index (κ1) is 30.2. The van der Waals surface area contributed by atoms with E-state index in [1.54, 1.807) is 42.1 Å². The van der Waals surface area contributed by atoms with E-state index in [1.807, 2.05) is 0 Å². The second-order valence-electron chi connectivity index (χ2n) is 8.81. The van der Waals surface area contributed by atoms with Gasteiger partial charge in [0.15, 0.2) is 24.0 Å². The van der Waals surface area contributed by atoms with Crippen LogP contribution in [0.15, 0.2) is 36.7 Å². The second kappa shape index (κ2) is 14.7. The molecule has 2 fully saturated rings. The molecule has 2 aliphatic rings. The monoisotopic (exact) mass is 562 g/mol. The summed E-state index contributed by atoms with van der Waals surface area (Å²) in [6, 6.07) is 5.58. The van der Waals surface area contributed by atoms with Crippen LogP contribution in [0.4, 0.5) is 29.7 Å². The highest BCUT2D eigenvalue weighted by atomic mass is 19.1. The molecule has 0 radical (unpaired) electrons. The summed E-state index contributed by atoms with van der Waals surface area (Å²) in [5.41, 5.74) is 0.433. The van der Waals surface area contributed by atoms with Crippen LogP contribution < -0.4 is 20.4 Å². The Morgan fingerprint density at radius 1 is 1.20 bits per heavy atom. The zero-order valence-electron chi connectivity index (χ0n) is 22.3. The predicted octanol–water partition coefficient (Wildman–Crippen LogP) is 1.80. The summed E-state index contributed by atoms with van der Waals surface area (Å²) in [4.78, 5) is 53.5. The zero-order valence-corrected chi connectivity index (χ0v) is 22.3. The highest BCUT2D eigenvalue weighted by Gasteiger charge is 2.35. The number of nitrogens with one attached hydrogen (secondary N) is 2. The van der Waals surface area contributed by atoms with Crippen molar-refractivity contribution >= 4 is 35.8 Å². The molecule has 1 unspecified atom stereocenters. The third-order valence-corrected chi connectivity index (χ3v) is 6.01. The number of alkyl carbamates (subject to hydrolysis) is 1. The number of rotatable bonds is 8. The summed E-state index contributed by atoms with van der Waals surface area (Å²) in [7, 11) is 1.68. The first-order valence-corrected chi connectivity index (χ1v) is 12.7. The molecule has 0 saturated carbocycles. The summed E-state index contributed by atoms with van der Waals surface area (Å²) in [5, 5.41) is 5.24. The molecule has 40 heavy (non-hydrogen) atoms. The minimum Gasteiger partial charge on any atom is -0.446 e. The Kier molecular flexibility index (Phi) is 11.1. The highest BCUT2D eigenvalue weighted by Crippen LogP contribution is 2.31. The fourth-order valence-electron chi connectivity index (χ4n) is 4.08. The highest BCUT2D eigenvalue weighted by molar-refractivity contribution is 5.90. The van der Waals surface area contributed by atoms with E-state index < -0.39 is 29.9 Å². The molecule has 0 aliphatic carbocycles. The van der Waals surface area contributed by atoms with Gasteiger partial charge in [0.25, 0.3) is 0 Å². The van der Waals surface area contributed by atoms with Crippen molar-refractivity contribution in [1.29, 1.82) is 0 Å². The number of pyridine rings is 1. The van der Waals surface area contributed by atoms with Gasteiger partial charge in [0.2, 0.25) is 5.91 Å². The van der Waals surface area contributed by atoms with Gasteiger partial charge in [-0.25, -0.2) is 18.4 Å². The number of nitrogens with zero attached hydrogens (tertiary/aromatic N) is 4. The van der Waals surface area contributed by atoms with Crippen LogP contribution in [-0.4, -0.2) is 99.8 Å². The minimum atomic E-state index is -0.815. The standard InChI is InChI=1S/C20H27F2N5O5.C6H5NO/c1-3-24-19(29)31-12-14-11-27(20(30)32-14)13-8-15(21)18(16(22)9-13)26-6-4-25(5-7-26)17(28)10-23-2;8-5-6-2-1-3-7-4-6/h8-9,14,23H,3-7,10-12H2,1-2H3,(H,24,29);1-5H. The van der Waals surface area contributed by atoms with Crippen LogP contribution in [0, 0.1) is 11.6 Å². The van der Waals surface area contributed by atoms with Crippen LogP contribution in [0.25, 0.3) is 0 Å². The smallest absolute Gasteiger partial charge is 0.414 e. The molecule has 12 nitrogen and oxygen atoms in total. The molecule has 0 spiro atoms. The van der Waals surface area contributed by atoms with E-state index in [0.717, 1.165) is 23.3 Å². The molecule has 3 amide bonds. The Morgan fingerprint density at radius 2 is 1.90 bits per heavy atom. The lowest BCUT2D eigenvalue weighted by Gasteiger charge is -2.36. The van der Waals surface area contributed by atoms with Gasteiger partial charge in [0.1, 0.15) is 12.3 Å². The maximum Gasteiger partial charge on any atom is 0.414 e. The van der Waals surface area contributed by atoms with E-state index in [-0.39, 0.29) is 50.1 Å². The zero-order chi connectivity index (χ0) is 29.1. The molecule has 3 heterocycles. The number of carbonyl (C=O) groups excluding carboxylic acids is 4. The fourth-order valence-corrected chi connectivity index (χ4v) is 4.08. The van der Waals surface area contributed by atoms with Crippen molar-refractivity contribution in [2.75, 3.05) is 69.3 Å². The van der Waals surface area contributed by atoms with E-state index >= 15 is 0 Å². The summed E-state index contributed by atoms with van der Waals surface area (Å²) in [6.07, 6.45) is 1.75. The SMILES string of the molecule is CCNC(=O)OCC1CN(c2cc(F)c(N3CCN(C(=O)CNC)CC3)c(F)c2)C(=O)O1.O=Cc1cccnc1. The number of hydrogen-bond donors (Lipinski definition) is 2. The third-order valence-electron chi connectivity index (χ3n) is 6.01. The molecule has 14 heteroatoms. The second-order valence-corrected chi connectivity index (χ2v) is 8.81. The number of aromatic nitrogens is 1. The molecule has 0 bridgehead atoms. The van der Waals surface area contributed by atoms with E-state index in [2.05, 4.69) is 15.6 Å². The lowest BCUT2D eigenvalue weighted by atomic mass is 10.2. The Morgan fingerprint density at radius 3 is 2.45 bits per heavy atom. The molecule has 2 aromatic rings. The van der Waals surface area contributed by atoms with Crippen molar-refractivity contribution in [3.8, 4) is 0 Å². The van der Waals surface area contributed by atoms with Gasteiger partial charge in [-0.05, 0) is 26.1 Å². The maximum absolute atomic E-state index is 14.9. The number of ether oxygens (including phenoxy) is 2. The molecule has 2 N–H and O–H groups in total. The van der Waals surface area contributed by atoms with Gasteiger partial charge < -0.3 is 29.9 Å². The van der Waals surface area contributed by atoms with Crippen LogP contribution >= 0.6 is 0 Å². The van der Waals surface area contributed by atoms with Crippen molar-refractivity contribution < 1.29 is 37.4 Å². The normalized spacial score (nSPS) is 16.6. The lowest BCUT2D eigenvalue weighted by Crippen LogP contribution is -2.51. The average molecular weight is 563 g/mol. The molecular weight excluding hydrogens is 530 g/mol. The number of aldehydes is 1. The first-order chi connectivity index (χ1) is 19.3. The third kappa shape index (κ3) is 8.09. The van der Waals surface area contributed by atoms with Crippen LogP contribution in [-0.2, 0) is 14.3 Å². The number of carbonyl (C=O) groups is 4. The quantitative estimate of drug-likeness (QED) is 0.462. The molecule has 2 saturated heterocycles. The number of piperazine rings is 1. The number of benzene rings is 1. The van der Waals surface area contributed by atoms with Gasteiger partial charge in [-0.1, -0.05) is 0 Å². The number of likely N-dealkylation sites (N-methyl/N-ethyl adjacent to an activating group) is 1. The van der Waals surface area contributed by atoms with E-state index in [9.17, 15) is 28.0 Å². The van der Waals surface area contributed by atoms with Crippen LogP contribution in [0.5, 0.6) is 0 Å². The first-order valence-electron chi connectivity index (χ1n) is 12.7. The van der Waals surface area contributed by atoms with Crippen LogP contribution in [0.2, 0.25) is 0 Å². The average Bonchev–Trinajstić information content (AvgIpc) is 3.33. The maximum atomic E-state index is 14.9. The molecule has 2 aliphatic heterocycles. The summed E-state index contributed by atoms with van der Waals surface area (Å²) < 4.78 is 39.8. The van der Waals surface area contributed by atoms with Gasteiger partial charge in [-0.2, -0.15) is 0 Å².